The Morgan fingerprint density at radius 1 is 1.23 bits per heavy atom. The second-order valence-corrected chi connectivity index (χ2v) is 7.21. The van der Waals surface area contributed by atoms with Gasteiger partial charge in [0, 0.05) is 18.2 Å². The Labute approximate surface area is 176 Å². The van der Waals surface area contributed by atoms with Crippen LogP contribution in [-0.2, 0) is 4.74 Å². The van der Waals surface area contributed by atoms with Gasteiger partial charge in [-0.1, -0.05) is 0 Å². The molecule has 0 bridgehead atoms. The first-order valence-electron chi connectivity index (χ1n) is 9.64. The van der Waals surface area contributed by atoms with E-state index in [2.05, 4.69) is 5.32 Å². The summed E-state index contributed by atoms with van der Waals surface area (Å²) in [5.74, 6) is -1.29. The lowest BCUT2D eigenvalue weighted by atomic mass is 10.1. The van der Waals surface area contributed by atoms with Crippen LogP contribution in [-0.4, -0.2) is 53.9 Å². The van der Waals surface area contributed by atoms with Gasteiger partial charge in [-0.25, -0.2) is 0 Å². The van der Waals surface area contributed by atoms with Crippen molar-refractivity contribution in [3.05, 3.63) is 63.2 Å². The van der Waals surface area contributed by atoms with Gasteiger partial charge in [-0.05, 0) is 37.1 Å². The third-order valence-corrected chi connectivity index (χ3v) is 5.29. The van der Waals surface area contributed by atoms with Crippen LogP contribution in [0.25, 0.3) is 0 Å². The van der Waals surface area contributed by atoms with E-state index in [-0.39, 0.29) is 46.5 Å². The molecule has 10 heteroatoms. The number of hydrogen-bond acceptors (Lipinski definition) is 7. The van der Waals surface area contributed by atoms with Crippen molar-refractivity contribution in [3.8, 4) is 5.75 Å². The molecule has 2 aliphatic heterocycles. The number of nitro groups is 1. The normalized spacial score (nSPS) is 17.6. The molecule has 2 aromatic rings. The Hall–Kier alpha value is -3.79. The largest absolute Gasteiger partial charge is 0.494 e. The van der Waals surface area contributed by atoms with Crippen LogP contribution < -0.4 is 10.1 Å². The predicted octanol–water partition coefficient (Wildman–Crippen LogP) is 2.63. The molecule has 1 atom stereocenters. The van der Waals surface area contributed by atoms with E-state index in [1.165, 1.54) is 43.5 Å². The van der Waals surface area contributed by atoms with Crippen molar-refractivity contribution in [1.29, 1.82) is 0 Å². The number of carbonyl (C=O) groups is 3. The molecule has 2 aromatic carbocycles. The van der Waals surface area contributed by atoms with Gasteiger partial charge in [0.05, 0.1) is 47.6 Å². The van der Waals surface area contributed by atoms with Gasteiger partial charge in [0.15, 0.2) is 0 Å². The number of carbonyl (C=O) groups excluding carboxylic acids is 3. The number of methoxy groups -OCH3 is 1. The molecule has 1 fully saturated rings. The fourth-order valence-corrected chi connectivity index (χ4v) is 3.68. The summed E-state index contributed by atoms with van der Waals surface area (Å²) in [6, 6.07) is 8.08. The SMILES string of the molecule is COc1cc([N+](=O)[O-])ccc1NC(=O)c1ccc2c(c1)C(=O)N(CC1CCCO1)C2=O. The third kappa shape index (κ3) is 3.84. The topological polar surface area (TPSA) is 128 Å². The molecule has 0 radical (unpaired) electrons. The summed E-state index contributed by atoms with van der Waals surface area (Å²) < 4.78 is 10.6. The molecule has 3 amide bonds. The third-order valence-electron chi connectivity index (χ3n) is 5.29. The number of nitro benzene ring substituents is 1. The Balaban J connectivity index is 1.54. The van der Waals surface area contributed by atoms with Crippen LogP contribution >= 0.6 is 0 Å². The van der Waals surface area contributed by atoms with Gasteiger partial charge in [0.25, 0.3) is 23.4 Å². The van der Waals surface area contributed by atoms with E-state index < -0.39 is 22.6 Å². The maximum atomic E-state index is 12.8. The molecule has 10 nitrogen and oxygen atoms in total. The number of amides is 3. The predicted molar refractivity (Wildman–Crippen MR) is 108 cm³/mol. The van der Waals surface area contributed by atoms with E-state index in [1.54, 1.807) is 0 Å². The fourth-order valence-electron chi connectivity index (χ4n) is 3.68. The van der Waals surface area contributed by atoms with Gasteiger partial charge in [-0.3, -0.25) is 29.4 Å². The number of imide groups is 1. The molecule has 1 unspecified atom stereocenters. The summed E-state index contributed by atoms with van der Waals surface area (Å²) >= 11 is 0. The van der Waals surface area contributed by atoms with Crippen LogP contribution in [0.4, 0.5) is 11.4 Å². The number of hydrogen-bond donors (Lipinski definition) is 1. The number of nitrogens with one attached hydrogen (secondary N) is 1. The second-order valence-electron chi connectivity index (χ2n) is 7.21. The highest BCUT2D eigenvalue weighted by Gasteiger charge is 2.38. The standard InChI is InChI=1S/C21H19N3O7/c1-30-18-10-13(24(28)29)5-7-17(18)22-19(25)12-4-6-15-16(9-12)21(27)23(20(15)26)11-14-3-2-8-31-14/h4-7,9-10,14H,2-3,8,11H2,1H3,(H,22,25). The summed E-state index contributed by atoms with van der Waals surface area (Å²) in [6.45, 7) is 0.804. The van der Waals surface area contributed by atoms with E-state index in [4.69, 9.17) is 9.47 Å². The van der Waals surface area contributed by atoms with E-state index in [9.17, 15) is 24.5 Å². The highest BCUT2D eigenvalue weighted by atomic mass is 16.6. The summed E-state index contributed by atoms with van der Waals surface area (Å²) in [4.78, 5) is 49.6. The first-order chi connectivity index (χ1) is 14.9. The molecule has 0 spiro atoms. The molecule has 2 heterocycles. The zero-order chi connectivity index (χ0) is 22.1. The molecule has 4 rings (SSSR count). The van der Waals surface area contributed by atoms with Gasteiger partial charge in [0.2, 0.25) is 0 Å². The lowest BCUT2D eigenvalue weighted by Gasteiger charge is -2.17. The zero-order valence-electron chi connectivity index (χ0n) is 16.6. The van der Waals surface area contributed by atoms with Crippen molar-refractivity contribution in [2.24, 2.45) is 0 Å². The number of rotatable bonds is 6. The van der Waals surface area contributed by atoms with Crippen LogP contribution in [0.5, 0.6) is 5.75 Å². The smallest absolute Gasteiger partial charge is 0.273 e. The fraction of sp³-hybridized carbons (Fsp3) is 0.286. The first kappa shape index (κ1) is 20.5. The zero-order valence-corrected chi connectivity index (χ0v) is 16.6. The number of ether oxygens (including phenoxy) is 2. The van der Waals surface area contributed by atoms with Crippen molar-refractivity contribution in [3.63, 3.8) is 0 Å². The molecule has 1 N–H and O–H groups in total. The number of anilines is 1. The highest BCUT2D eigenvalue weighted by molar-refractivity contribution is 6.22. The maximum absolute atomic E-state index is 12.8. The van der Waals surface area contributed by atoms with Crippen LogP contribution in [0.3, 0.4) is 0 Å². The van der Waals surface area contributed by atoms with Gasteiger partial charge in [-0.15, -0.1) is 0 Å². The van der Waals surface area contributed by atoms with Crippen LogP contribution in [0, 0.1) is 10.1 Å². The molecular formula is C21H19N3O7. The first-order valence-corrected chi connectivity index (χ1v) is 9.64. The van der Waals surface area contributed by atoms with Crippen LogP contribution in [0.2, 0.25) is 0 Å². The molecule has 0 saturated carbocycles. The average molecular weight is 425 g/mol. The van der Waals surface area contributed by atoms with Crippen LogP contribution in [0.1, 0.15) is 43.9 Å². The quantitative estimate of drug-likeness (QED) is 0.428. The van der Waals surface area contributed by atoms with Gasteiger partial charge < -0.3 is 14.8 Å². The number of fused-ring (bicyclic) bond motifs is 1. The molecular weight excluding hydrogens is 406 g/mol. The summed E-state index contributed by atoms with van der Waals surface area (Å²) in [6.07, 6.45) is 1.52. The lowest BCUT2D eigenvalue weighted by Crippen LogP contribution is -2.36. The van der Waals surface area contributed by atoms with Gasteiger partial charge in [-0.2, -0.15) is 0 Å². The molecule has 0 aliphatic carbocycles. The van der Waals surface area contributed by atoms with Gasteiger partial charge >= 0.3 is 0 Å². The van der Waals surface area contributed by atoms with Crippen molar-refractivity contribution in [1.82, 2.24) is 4.90 Å². The molecule has 31 heavy (non-hydrogen) atoms. The lowest BCUT2D eigenvalue weighted by molar-refractivity contribution is -0.384. The second kappa shape index (κ2) is 8.15. The number of non-ortho nitro benzene ring substituents is 1. The Morgan fingerprint density at radius 2 is 2.00 bits per heavy atom. The maximum Gasteiger partial charge on any atom is 0.273 e. The van der Waals surface area contributed by atoms with Crippen molar-refractivity contribution in [2.75, 3.05) is 25.6 Å². The highest BCUT2D eigenvalue weighted by Crippen LogP contribution is 2.30. The van der Waals surface area contributed by atoms with Crippen molar-refractivity contribution in [2.45, 2.75) is 18.9 Å². The number of nitrogens with zero attached hydrogens (tertiary/aromatic N) is 2. The van der Waals surface area contributed by atoms with E-state index in [1.807, 2.05) is 0 Å². The van der Waals surface area contributed by atoms with E-state index in [0.29, 0.717) is 6.61 Å². The molecule has 0 aromatic heterocycles. The van der Waals surface area contributed by atoms with Gasteiger partial charge in [0.1, 0.15) is 5.75 Å². The molecule has 1 saturated heterocycles. The monoisotopic (exact) mass is 425 g/mol. The summed E-state index contributed by atoms with van der Waals surface area (Å²) in [5.41, 5.74) is 0.627. The van der Waals surface area contributed by atoms with E-state index >= 15 is 0 Å². The molecule has 2 aliphatic rings. The summed E-state index contributed by atoms with van der Waals surface area (Å²) in [7, 11) is 1.33. The number of benzene rings is 2. The minimum absolute atomic E-state index is 0.123. The van der Waals surface area contributed by atoms with Crippen LogP contribution in [0.15, 0.2) is 36.4 Å². The van der Waals surface area contributed by atoms with Crippen molar-refractivity contribution >= 4 is 29.1 Å². The van der Waals surface area contributed by atoms with E-state index in [0.717, 1.165) is 17.7 Å². The minimum atomic E-state index is -0.570. The molecule has 160 valence electrons. The Morgan fingerprint density at radius 3 is 2.68 bits per heavy atom. The Kier molecular flexibility index (Phi) is 5.38. The minimum Gasteiger partial charge on any atom is -0.494 e. The van der Waals surface area contributed by atoms with Crippen molar-refractivity contribution < 1.29 is 28.8 Å². The Bertz CT molecular complexity index is 1090. The summed E-state index contributed by atoms with van der Waals surface area (Å²) in [5, 5.41) is 13.5. The average Bonchev–Trinajstić information content (AvgIpc) is 3.36.